The van der Waals surface area contributed by atoms with Gasteiger partial charge in [-0.05, 0) is 53.5 Å². The van der Waals surface area contributed by atoms with E-state index in [9.17, 15) is 5.11 Å². The molecule has 1 N–H and O–H groups in total. The zero-order valence-corrected chi connectivity index (χ0v) is 11.1. The summed E-state index contributed by atoms with van der Waals surface area (Å²) in [6, 6.07) is 2.14. The first-order chi connectivity index (χ1) is 7.59. The number of hydrogen-bond acceptors (Lipinski definition) is 2. The Balaban J connectivity index is 2.01. The van der Waals surface area contributed by atoms with Gasteiger partial charge in [0.15, 0.2) is 0 Å². The topological polar surface area (TPSA) is 20.2 Å². The molecule has 1 heterocycles. The van der Waals surface area contributed by atoms with Crippen LogP contribution < -0.4 is 0 Å². The van der Waals surface area contributed by atoms with Gasteiger partial charge in [0.1, 0.15) is 0 Å². The van der Waals surface area contributed by atoms with Gasteiger partial charge in [0, 0.05) is 6.42 Å². The fourth-order valence-corrected chi connectivity index (χ4v) is 3.56. The number of rotatable bonds is 3. The second kappa shape index (κ2) is 4.89. The molecular weight excluding hydrogens is 216 g/mol. The van der Waals surface area contributed by atoms with E-state index in [-0.39, 0.29) is 0 Å². The van der Waals surface area contributed by atoms with Crippen LogP contribution in [0.25, 0.3) is 0 Å². The van der Waals surface area contributed by atoms with E-state index in [0.717, 1.165) is 19.3 Å². The second-order valence-corrected chi connectivity index (χ2v) is 6.41. The Labute approximate surface area is 103 Å². The van der Waals surface area contributed by atoms with E-state index in [0.29, 0.717) is 11.8 Å². The number of thiophene rings is 1. The van der Waals surface area contributed by atoms with Crippen molar-refractivity contribution in [1.82, 2.24) is 0 Å². The van der Waals surface area contributed by atoms with Crippen molar-refractivity contribution in [3.63, 3.8) is 0 Å². The van der Waals surface area contributed by atoms with Crippen molar-refractivity contribution in [2.45, 2.75) is 51.6 Å². The summed E-state index contributed by atoms with van der Waals surface area (Å²) in [6.45, 7) is 4.56. The Hall–Kier alpha value is -0.340. The Morgan fingerprint density at radius 3 is 3.00 bits per heavy atom. The van der Waals surface area contributed by atoms with Crippen LogP contribution in [0.15, 0.2) is 16.8 Å². The summed E-state index contributed by atoms with van der Waals surface area (Å²) < 4.78 is 0. The summed E-state index contributed by atoms with van der Waals surface area (Å²) in [7, 11) is 0. The third-order valence-electron chi connectivity index (χ3n) is 3.92. The molecule has 2 heteroatoms. The SMILES string of the molecule is CC(C)C1CCCC(O)(Cc2ccsc2)C1. The molecule has 1 aromatic heterocycles. The predicted molar refractivity (Wildman–Crippen MR) is 69.8 cm³/mol. The Morgan fingerprint density at radius 2 is 2.38 bits per heavy atom. The molecule has 2 rings (SSSR count). The average molecular weight is 238 g/mol. The standard InChI is InChI=1S/C14H22OS/c1-11(2)13-4-3-6-14(15,9-13)8-12-5-7-16-10-12/h5,7,10-11,13,15H,3-4,6,8-9H2,1-2H3. The largest absolute Gasteiger partial charge is 0.390 e. The van der Waals surface area contributed by atoms with E-state index in [4.69, 9.17) is 0 Å². The van der Waals surface area contributed by atoms with Crippen LogP contribution in [-0.2, 0) is 6.42 Å². The van der Waals surface area contributed by atoms with Crippen molar-refractivity contribution in [2.75, 3.05) is 0 Å². The first kappa shape index (κ1) is 12.1. The van der Waals surface area contributed by atoms with Gasteiger partial charge in [-0.25, -0.2) is 0 Å². The molecule has 1 aliphatic carbocycles. The van der Waals surface area contributed by atoms with Gasteiger partial charge in [-0.2, -0.15) is 11.3 Å². The Kier molecular flexibility index (Phi) is 3.70. The molecule has 0 amide bonds. The number of aliphatic hydroxyl groups is 1. The summed E-state index contributed by atoms with van der Waals surface area (Å²) in [4.78, 5) is 0. The van der Waals surface area contributed by atoms with Crippen LogP contribution in [0.2, 0.25) is 0 Å². The molecule has 0 spiro atoms. The van der Waals surface area contributed by atoms with Gasteiger partial charge in [-0.1, -0.05) is 20.3 Å². The molecule has 1 nitrogen and oxygen atoms in total. The summed E-state index contributed by atoms with van der Waals surface area (Å²) in [5, 5.41) is 14.9. The molecule has 0 aliphatic heterocycles. The molecule has 16 heavy (non-hydrogen) atoms. The maximum atomic E-state index is 10.7. The smallest absolute Gasteiger partial charge is 0.0691 e. The van der Waals surface area contributed by atoms with Gasteiger partial charge in [0.05, 0.1) is 5.60 Å². The molecule has 1 aliphatic rings. The van der Waals surface area contributed by atoms with Crippen LogP contribution in [-0.4, -0.2) is 10.7 Å². The molecule has 1 fully saturated rings. The summed E-state index contributed by atoms with van der Waals surface area (Å²) in [5.74, 6) is 1.41. The Morgan fingerprint density at radius 1 is 1.56 bits per heavy atom. The summed E-state index contributed by atoms with van der Waals surface area (Å²) in [6.07, 6.45) is 5.29. The lowest BCUT2D eigenvalue weighted by molar-refractivity contribution is -0.0239. The van der Waals surface area contributed by atoms with Crippen molar-refractivity contribution < 1.29 is 5.11 Å². The summed E-state index contributed by atoms with van der Waals surface area (Å²) in [5.41, 5.74) is 0.866. The van der Waals surface area contributed by atoms with Crippen LogP contribution in [0, 0.1) is 11.8 Å². The van der Waals surface area contributed by atoms with Crippen LogP contribution in [0.1, 0.15) is 45.1 Å². The zero-order valence-electron chi connectivity index (χ0n) is 10.3. The molecule has 0 radical (unpaired) electrons. The van der Waals surface area contributed by atoms with Gasteiger partial charge in [0.2, 0.25) is 0 Å². The molecule has 2 atom stereocenters. The van der Waals surface area contributed by atoms with Crippen molar-refractivity contribution in [3.05, 3.63) is 22.4 Å². The lowest BCUT2D eigenvalue weighted by Gasteiger charge is -2.38. The van der Waals surface area contributed by atoms with E-state index < -0.39 is 5.60 Å². The molecule has 0 aromatic carbocycles. The van der Waals surface area contributed by atoms with Gasteiger partial charge in [-0.3, -0.25) is 0 Å². The normalized spacial score (nSPS) is 30.9. The molecule has 90 valence electrons. The van der Waals surface area contributed by atoms with Gasteiger partial charge < -0.3 is 5.11 Å². The average Bonchev–Trinajstić information content (AvgIpc) is 2.69. The molecule has 0 bridgehead atoms. The van der Waals surface area contributed by atoms with E-state index in [1.54, 1.807) is 11.3 Å². The molecular formula is C14H22OS. The molecule has 2 unspecified atom stereocenters. The van der Waals surface area contributed by atoms with Crippen LogP contribution in [0.4, 0.5) is 0 Å². The molecule has 0 saturated heterocycles. The van der Waals surface area contributed by atoms with E-state index in [2.05, 4.69) is 30.7 Å². The monoisotopic (exact) mass is 238 g/mol. The minimum atomic E-state index is -0.436. The highest BCUT2D eigenvalue weighted by Gasteiger charge is 2.35. The van der Waals surface area contributed by atoms with Gasteiger partial charge >= 0.3 is 0 Å². The minimum Gasteiger partial charge on any atom is -0.390 e. The fourth-order valence-electron chi connectivity index (χ4n) is 2.89. The first-order valence-electron chi connectivity index (χ1n) is 6.32. The van der Waals surface area contributed by atoms with Crippen LogP contribution in [0.3, 0.4) is 0 Å². The summed E-state index contributed by atoms with van der Waals surface area (Å²) >= 11 is 1.72. The highest BCUT2D eigenvalue weighted by molar-refractivity contribution is 7.07. The van der Waals surface area contributed by atoms with Crippen molar-refractivity contribution >= 4 is 11.3 Å². The highest BCUT2D eigenvalue weighted by atomic mass is 32.1. The van der Waals surface area contributed by atoms with Crippen LogP contribution in [0.5, 0.6) is 0 Å². The molecule has 1 aromatic rings. The van der Waals surface area contributed by atoms with Crippen LogP contribution >= 0.6 is 11.3 Å². The third-order valence-corrected chi connectivity index (χ3v) is 4.65. The zero-order chi connectivity index (χ0) is 11.6. The predicted octanol–water partition coefficient (Wildman–Crippen LogP) is 3.87. The first-order valence-corrected chi connectivity index (χ1v) is 7.27. The second-order valence-electron chi connectivity index (χ2n) is 5.63. The maximum absolute atomic E-state index is 10.7. The van der Waals surface area contributed by atoms with E-state index in [1.807, 2.05) is 0 Å². The Bertz CT molecular complexity index is 317. The third kappa shape index (κ3) is 2.86. The van der Waals surface area contributed by atoms with Crippen molar-refractivity contribution in [1.29, 1.82) is 0 Å². The highest BCUT2D eigenvalue weighted by Crippen LogP contribution is 2.38. The van der Waals surface area contributed by atoms with E-state index >= 15 is 0 Å². The quantitative estimate of drug-likeness (QED) is 0.847. The number of hydrogen-bond donors (Lipinski definition) is 1. The van der Waals surface area contributed by atoms with Gasteiger partial charge in [-0.15, -0.1) is 0 Å². The molecule has 1 saturated carbocycles. The lowest BCUT2D eigenvalue weighted by Crippen LogP contribution is -2.38. The van der Waals surface area contributed by atoms with Crippen molar-refractivity contribution in [2.24, 2.45) is 11.8 Å². The van der Waals surface area contributed by atoms with E-state index in [1.165, 1.54) is 18.4 Å². The minimum absolute atomic E-state index is 0.436. The van der Waals surface area contributed by atoms with Gasteiger partial charge in [0.25, 0.3) is 0 Å². The maximum Gasteiger partial charge on any atom is 0.0691 e. The van der Waals surface area contributed by atoms with Crippen molar-refractivity contribution in [3.8, 4) is 0 Å². The fraction of sp³-hybridized carbons (Fsp3) is 0.714. The lowest BCUT2D eigenvalue weighted by atomic mass is 9.72.